The van der Waals surface area contributed by atoms with E-state index < -0.39 is 23.0 Å². The van der Waals surface area contributed by atoms with Crippen LogP contribution in [-0.4, -0.2) is 9.13 Å². The molecule has 0 atom stereocenters. The molecule has 0 bridgehead atoms. The number of alkyl halides is 3. The van der Waals surface area contributed by atoms with Crippen LogP contribution in [0.3, 0.4) is 0 Å². The predicted octanol–water partition coefficient (Wildman–Crippen LogP) is 4.72. The minimum Gasteiger partial charge on any atom is -0.296 e. The van der Waals surface area contributed by atoms with E-state index in [1.165, 1.54) is 27.5 Å². The second kappa shape index (κ2) is 9.32. The van der Waals surface area contributed by atoms with Gasteiger partial charge in [-0.25, -0.2) is 4.79 Å². The topological polar surface area (TPSA) is 44.0 Å². The Kier molecular flexibility index (Phi) is 6.31. The fourth-order valence-corrected chi connectivity index (χ4v) is 3.67. The molecule has 0 radical (unpaired) electrons. The maximum Gasteiger partial charge on any atom is 0.416 e. The zero-order chi connectivity index (χ0) is 23.4. The Labute approximate surface area is 188 Å². The number of benzene rings is 3. The van der Waals surface area contributed by atoms with Gasteiger partial charge in [-0.1, -0.05) is 72.8 Å². The van der Waals surface area contributed by atoms with Gasteiger partial charge in [-0.05, 0) is 28.8 Å². The third-order valence-electron chi connectivity index (χ3n) is 5.36. The summed E-state index contributed by atoms with van der Waals surface area (Å²) in [4.78, 5) is 26.4. The van der Waals surface area contributed by atoms with Crippen molar-refractivity contribution in [3.8, 4) is 0 Å². The average Bonchev–Trinajstić information content (AvgIpc) is 2.81. The maximum atomic E-state index is 13.2. The standard InChI is InChI=1S/C26H21F3N2O2/c27-26(28,29)23-13-11-19(12-14-23)15-22-18-30(16-20-7-3-1-4-8-20)25(33)31(24(22)32)17-21-9-5-2-6-10-21/h1-14,18H,15-17H2. The van der Waals surface area contributed by atoms with Crippen LogP contribution in [-0.2, 0) is 25.7 Å². The molecule has 0 spiro atoms. The molecule has 4 aromatic rings. The van der Waals surface area contributed by atoms with Crippen LogP contribution in [0.15, 0.2) is 101 Å². The molecule has 0 saturated carbocycles. The minimum atomic E-state index is -4.43. The van der Waals surface area contributed by atoms with E-state index in [1.54, 1.807) is 0 Å². The van der Waals surface area contributed by atoms with Gasteiger partial charge in [0.1, 0.15) is 0 Å². The molecule has 0 fully saturated rings. The van der Waals surface area contributed by atoms with Crippen molar-refractivity contribution in [1.29, 1.82) is 0 Å². The summed E-state index contributed by atoms with van der Waals surface area (Å²) in [5.41, 5.74) is 0.941. The van der Waals surface area contributed by atoms with Crippen LogP contribution in [0.2, 0.25) is 0 Å². The maximum absolute atomic E-state index is 13.2. The van der Waals surface area contributed by atoms with E-state index in [4.69, 9.17) is 0 Å². The first-order valence-electron chi connectivity index (χ1n) is 10.4. The zero-order valence-electron chi connectivity index (χ0n) is 17.6. The average molecular weight is 450 g/mol. The Morgan fingerprint density at radius 2 is 1.21 bits per heavy atom. The van der Waals surface area contributed by atoms with E-state index in [-0.39, 0.29) is 19.5 Å². The molecule has 0 amide bonds. The molecule has 4 rings (SSSR count). The highest BCUT2D eigenvalue weighted by Crippen LogP contribution is 2.29. The van der Waals surface area contributed by atoms with Crippen LogP contribution in [0.4, 0.5) is 13.2 Å². The smallest absolute Gasteiger partial charge is 0.296 e. The zero-order valence-corrected chi connectivity index (χ0v) is 17.6. The van der Waals surface area contributed by atoms with Gasteiger partial charge >= 0.3 is 11.9 Å². The largest absolute Gasteiger partial charge is 0.416 e. The number of rotatable bonds is 6. The van der Waals surface area contributed by atoms with Crippen LogP contribution < -0.4 is 11.2 Å². The number of aromatic nitrogens is 2. The summed E-state index contributed by atoms with van der Waals surface area (Å²) in [6.07, 6.45) is -2.80. The van der Waals surface area contributed by atoms with E-state index in [9.17, 15) is 22.8 Å². The van der Waals surface area contributed by atoms with Crippen molar-refractivity contribution in [2.45, 2.75) is 25.7 Å². The van der Waals surface area contributed by atoms with Gasteiger partial charge in [-0.3, -0.25) is 13.9 Å². The highest BCUT2D eigenvalue weighted by atomic mass is 19.4. The Bertz CT molecular complexity index is 1340. The van der Waals surface area contributed by atoms with Gasteiger partial charge in [-0.15, -0.1) is 0 Å². The number of hydrogen-bond donors (Lipinski definition) is 0. The molecule has 0 aliphatic carbocycles. The van der Waals surface area contributed by atoms with Crippen LogP contribution >= 0.6 is 0 Å². The van der Waals surface area contributed by atoms with Crippen molar-refractivity contribution < 1.29 is 13.2 Å². The molecule has 3 aromatic carbocycles. The third kappa shape index (κ3) is 5.31. The van der Waals surface area contributed by atoms with E-state index in [2.05, 4.69) is 0 Å². The van der Waals surface area contributed by atoms with Crippen molar-refractivity contribution in [2.24, 2.45) is 0 Å². The first-order valence-corrected chi connectivity index (χ1v) is 10.4. The van der Waals surface area contributed by atoms with E-state index in [0.717, 1.165) is 23.3 Å². The summed E-state index contributed by atoms with van der Waals surface area (Å²) in [5, 5.41) is 0. The summed E-state index contributed by atoms with van der Waals surface area (Å²) in [5.74, 6) is 0. The highest BCUT2D eigenvalue weighted by Gasteiger charge is 2.30. The molecule has 1 heterocycles. The molecule has 0 saturated heterocycles. The molecule has 0 unspecified atom stereocenters. The first-order chi connectivity index (χ1) is 15.8. The summed E-state index contributed by atoms with van der Waals surface area (Å²) >= 11 is 0. The lowest BCUT2D eigenvalue weighted by atomic mass is 10.0. The molecule has 33 heavy (non-hydrogen) atoms. The fraction of sp³-hybridized carbons (Fsp3) is 0.154. The normalized spacial score (nSPS) is 11.5. The van der Waals surface area contributed by atoms with E-state index in [1.807, 2.05) is 60.7 Å². The fourth-order valence-electron chi connectivity index (χ4n) is 3.67. The lowest BCUT2D eigenvalue weighted by Gasteiger charge is -2.14. The predicted molar refractivity (Wildman–Crippen MR) is 120 cm³/mol. The number of hydrogen-bond acceptors (Lipinski definition) is 2. The molecule has 0 N–H and O–H groups in total. The minimum absolute atomic E-state index is 0.105. The van der Waals surface area contributed by atoms with Crippen LogP contribution in [0.1, 0.15) is 27.8 Å². The molecule has 0 aliphatic rings. The van der Waals surface area contributed by atoms with Crippen molar-refractivity contribution in [3.63, 3.8) is 0 Å². The van der Waals surface area contributed by atoms with Gasteiger partial charge in [0, 0.05) is 18.2 Å². The van der Waals surface area contributed by atoms with Gasteiger partial charge in [0.15, 0.2) is 0 Å². The second-order valence-electron chi connectivity index (χ2n) is 7.80. The molecule has 4 nitrogen and oxygen atoms in total. The van der Waals surface area contributed by atoms with Gasteiger partial charge in [0.05, 0.1) is 18.7 Å². The van der Waals surface area contributed by atoms with Crippen molar-refractivity contribution >= 4 is 0 Å². The number of nitrogens with zero attached hydrogens (tertiary/aromatic N) is 2. The number of halogens is 3. The van der Waals surface area contributed by atoms with Crippen molar-refractivity contribution in [2.75, 3.05) is 0 Å². The van der Waals surface area contributed by atoms with E-state index in [0.29, 0.717) is 11.1 Å². The van der Waals surface area contributed by atoms with Crippen LogP contribution in [0.25, 0.3) is 0 Å². The third-order valence-corrected chi connectivity index (χ3v) is 5.36. The lowest BCUT2D eigenvalue weighted by molar-refractivity contribution is -0.137. The Hall–Kier alpha value is -3.87. The molecule has 7 heteroatoms. The van der Waals surface area contributed by atoms with E-state index >= 15 is 0 Å². The lowest BCUT2D eigenvalue weighted by Crippen LogP contribution is -2.41. The second-order valence-corrected chi connectivity index (χ2v) is 7.80. The quantitative estimate of drug-likeness (QED) is 0.427. The molecular weight excluding hydrogens is 429 g/mol. The van der Waals surface area contributed by atoms with Gasteiger partial charge in [-0.2, -0.15) is 13.2 Å². The Balaban J connectivity index is 1.75. The molecule has 1 aromatic heterocycles. The summed E-state index contributed by atoms with van der Waals surface area (Å²) < 4.78 is 41.3. The van der Waals surface area contributed by atoms with Gasteiger partial charge < -0.3 is 0 Å². The monoisotopic (exact) mass is 450 g/mol. The summed E-state index contributed by atoms with van der Waals surface area (Å²) in [6.45, 7) is 0.378. The Morgan fingerprint density at radius 1 is 0.667 bits per heavy atom. The van der Waals surface area contributed by atoms with Crippen LogP contribution in [0, 0.1) is 0 Å². The highest BCUT2D eigenvalue weighted by molar-refractivity contribution is 5.29. The SMILES string of the molecule is O=c1c(Cc2ccc(C(F)(F)F)cc2)cn(Cc2ccccc2)c(=O)n1Cc1ccccc1. The molecule has 168 valence electrons. The summed E-state index contributed by atoms with van der Waals surface area (Å²) in [6, 6.07) is 23.2. The Morgan fingerprint density at radius 3 is 1.76 bits per heavy atom. The van der Waals surface area contributed by atoms with Crippen molar-refractivity contribution in [1.82, 2.24) is 9.13 Å². The van der Waals surface area contributed by atoms with Gasteiger partial charge in [0.25, 0.3) is 5.56 Å². The molecule has 0 aliphatic heterocycles. The first kappa shape index (κ1) is 22.3. The summed E-state index contributed by atoms with van der Waals surface area (Å²) in [7, 11) is 0. The van der Waals surface area contributed by atoms with Gasteiger partial charge in [0.2, 0.25) is 0 Å². The van der Waals surface area contributed by atoms with Crippen LogP contribution in [0.5, 0.6) is 0 Å². The van der Waals surface area contributed by atoms with Crippen molar-refractivity contribution in [3.05, 3.63) is 140 Å². The molecular formula is C26H21F3N2O2.